The molecule has 106 valence electrons. The van der Waals surface area contributed by atoms with Gasteiger partial charge in [-0.2, -0.15) is 0 Å². The van der Waals surface area contributed by atoms with Crippen molar-refractivity contribution in [2.45, 2.75) is 64.0 Å². The lowest BCUT2D eigenvalue weighted by atomic mass is 9.97. The van der Waals surface area contributed by atoms with Crippen molar-refractivity contribution in [1.29, 1.82) is 0 Å². The highest BCUT2D eigenvalue weighted by atomic mass is 16.5. The van der Waals surface area contributed by atoms with Crippen molar-refractivity contribution in [3.8, 4) is 0 Å². The van der Waals surface area contributed by atoms with Crippen LogP contribution in [-0.2, 0) is 11.2 Å². The summed E-state index contributed by atoms with van der Waals surface area (Å²) >= 11 is 0. The van der Waals surface area contributed by atoms with Gasteiger partial charge in [-0.05, 0) is 49.7 Å². The molecule has 1 aromatic carbocycles. The Morgan fingerprint density at radius 3 is 2.68 bits per heavy atom. The van der Waals surface area contributed by atoms with Crippen LogP contribution in [0.15, 0.2) is 24.3 Å². The minimum atomic E-state index is 0.154. The summed E-state index contributed by atoms with van der Waals surface area (Å²) in [7, 11) is 0. The van der Waals surface area contributed by atoms with E-state index in [0.717, 1.165) is 25.9 Å². The van der Waals surface area contributed by atoms with E-state index in [2.05, 4.69) is 31.2 Å². The average Bonchev–Trinajstić information content (AvgIpc) is 2.47. The molecule has 1 aromatic rings. The molecule has 1 heterocycles. The van der Waals surface area contributed by atoms with Gasteiger partial charge in [0, 0.05) is 12.6 Å². The third-order valence-electron chi connectivity index (χ3n) is 4.02. The Morgan fingerprint density at radius 1 is 1.26 bits per heavy atom. The molecule has 0 aliphatic carbocycles. The molecule has 2 heteroatoms. The van der Waals surface area contributed by atoms with Crippen LogP contribution in [0, 0.1) is 0 Å². The average molecular weight is 261 g/mol. The minimum absolute atomic E-state index is 0.154. The number of ether oxygens (including phenoxy) is 1. The topological polar surface area (TPSA) is 35.2 Å². The molecule has 0 radical (unpaired) electrons. The Labute approximate surface area is 117 Å². The van der Waals surface area contributed by atoms with E-state index in [1.54, 1.807) is 0 Å². The van der Waals surface area contributed by atoms with Gasteiger partial charge in [-0.1, -0.05) is 37.6 Å². The molecule has 1 aliphatic heterocycles. The van der Waals surface area contributed by atoms with Crippen LogP contribution >= 0.6 is 0 Å². The predicted molar refractivity (Wildman–Crippen MR) is 80.2 cm³/mol. The summed E-state index contributed by atoms with van der Waals surface area (Å²) in [5.41, 5.74) is 8.95. The second-order valence-corrected chi connectivity index (χ2v) is 5.66. The summed E-state index contributed by atoms with van der Waals surface area (Å²) in [6, 6.07) is 8.97. The molecule has 2 unspecified atom stereocenters. The number of benzene rings is 1. The summed E-state index contributed by atoms with van der Waals surface area (Å²) in [6.45, 7) is 3.15. The molecular weight excluding hydrogens is 234 g/mol. The predicted octanol–water partition coefficient (Wildman–Crippen LogP) is 3.99. The van der Waals surface area contributed by atoms with Gasteiger partial charge in [-0.3, -0.25) is 0 Å². The van der Waals surface area contributed by atoms with Crippen molar-refractivity contribution >= 4 is 0 Å². The van der Waals surface area contributed by atoms with Crippen LogP contribution in [0.3, 0.4) is 0 Å². The van der Waals surface area contributed by atoms with Crippen LogP contribution in [0.5, 0.6) is 0 Å². The Balaban J connectivity index is 1.79. The van der Waals surface area contributed by atoms with E-state index in [-0.39, 0.29) is 6.04 Å². The van der Waals surface area contributed by atoms with Gasteiger partial charge in [0.2, 0.25) is 0 Å². The van der Waals surface area contributed by atoms with Crippen LogP contribution in [0.1, 0.15) is 62.6 Å². The third-order valence-corrected chi connectivity index (χ3v) is 4.02. The number of nitrogens with two attached hydrogens (primary N) is 1. The molecule has 0 spiro atoms. The normalized spacial score (nSPS) is 21.3. The van der Waals surface area contributed by atoms with Crippen LogP contribution < -0.4 is 5.73 Å². The SMILES string of the molecule is CCCc1ccc(C(N)CCC2CCCCO2)cc1. The molecule has 1 saturated heterocycles. The monoisotopic (exact) mass is 261 g/mol. The Kier molecular flexibility index (Phi) is 5.87. The zero-order chi connectivity index (χ0) is 13.5. The van der Waals surface area contributed by atoms with Gasteiger partial charge in [-0.25, -0.2) is 0 Å². The first-order chi connectivity index (χ1) is 9.29. The molecule has 2 atom stereocenters. The molecule has 0 amide bonds. The molecule has 1 fully saturated rings. The van der Waals surface area contributed by atoms with Gasteiger partial charge in [0.25, 0.3) is 0 Å². The van der Waals surface area contributed by atoms with Gasteiger partial charge in [0.1, 0.15) is 0 Å². The van der Waals surface area contributed by atoms with Gasteiger partial charge in [-0.15, -0.1) is 0 Å². The van der Waals surface area contributed by atoms with Crippen LogP contribution in [0.4, 0.5) is 0 Å². The lowest BCUT2D eigenvalue weighted by Crippen LogP contribution is -2.21. The van der Waals surface area contributed by atoms with Gasteiger partial charge < -0.3 is 10.5 Å². The molecule has 0 aromatic heterocycles. The Bertz CT molecular complexity index is 354. The fraction of sp³-hybridized carbons (Fsp3) is 0.647. The van der Waals surface area contributed by atoms with E-state index in [4.69, 9.17) is 10.5 Å². The molecule has 2 nitrogen and oxygen atoms in total. The van der Waals surface area contributed by atoms with Crippen molar-refractivity contribution in [3.05, 3.63) is 35.4 Å². The summed E-state index contributed by atoms with van der Waals surface area (Å²) in [6.07, 6.45) is 8.67. The lowest BCUT2D eigenvalue weighted by Gasteiger charge is -2.24. The van der Waals surface area contributed by atoms with E-state index in [1.165, 1.54) is 36.8 Å². The molecule has 2 N–H and O–H groups in total. The van der Waals surface area contributed by atoms with E-state index in [0.29, 0.717) is 6.10 Å². The van der Waals surface area contributed by atoms with Gasteiger partial charge >= 0.3 is 0 Å². The van der Waals surface area contributed by atoms with Crippen LogP contribution in [-0.4, -0.2) is 12.7 Å². The number of hydrogen-bond acceptors (Lipinski definition) is 2. The maximum atomic E-state index is 6.28. The lowest BCUT2D eigenvalue weighted by molar-refractivity contribution is 0.00912. The second kappa shape index (κ2) is 7.66. The standard InChI is InChI=1S/C17H27NO/c1-2-5-14-7-9-15(10-8-14)17(18)12-11-16-6-3-4-13-19-16/h7-10,16-17H,2-6,11-13,18H2,1H3. The zero-order valence-corrected chi connectivity index (χ0v) is 12.1. The second-order valence-electron chi connectivity index (χ2n) is 5.66. The number of rotatable bonds is 6. The molecule has 1 aliphatic rings. The largest absolute Gasteiger partial charge is 0.378 e. The van der Waals surface area contributed by atoms with Crippen molar-refractivity contribution in [2.75, 3.05) is 6.61 Å². The summed E-state index contributed by atoms with van der Waals surface area (Å²) in [5.74, 6) is 0. The van der Waals surface area contributed by atoms with Crippen LogP contribution in [0.25, 0.3) is 0 Å². The molecular formula is C17H27NO. The van der Waals surface area contributed by atoms with Gasteiger partial charge in [0.05, 0.1) is 6.10 Å². The highest BCUT2D eigenvalue weighted by Crippen LogP contribution is 2.22. The van der Waals surface area contributed by atoms with Crippen LogP contribution in [0.2, 0.25) is 0 Å². The molecule has 0 bridgehead atoms. The smallest absolute Gasteiger partial charge is 0.0575 e. The fourth-order valence-corrected chi connectivity index (χ4v) is 2.79. The summed E-state index contributed by atoms with van der Waals surface area (Å²) in [5, 5.41) is 0. The molecule has 19 heavy (non-hydrogen) atoms. The van der Waals surface area contributed by atoms with E-state index >= 15 is 0 Å². The minimum Gasteiger partial charge on any atom is -0.378 e. The first-order valence-electron chi connectivity index (χ1n) is 7.75. The maximum Gasteiger partial charge on any atom is 0.0575 e. The fourth-order valence-electron chi connectivity index (χ4n) is 2.79. The Hall–Kier alpha value is -0.860. The Morgan fingerprint density at radius 2 is 2.05 bits per heavy atom. The zero-order valence-electron chi connectivity index (χ0n) is 12.1. The van der Waals surface area contributed by atoms with E-state index in [1.807, 2.05) is 0 Å². The van der Waals surface area contributed by atoms with E-state index in [9.17, 15) is 0 Å². The van der Waals surface area contributed by atoms with Crippen molar-refractivity contribution in [3.63, 3.8) is 0 Å². The van der Waals surface area contributed by atoms with Crippen molar-refractivity contribution < 1.29 is 4.74 Å². The van der Waals surface area contributed by atoms with Gasteiger partial charge in [0.15, 0.2) is 0 Å². The van der Waals surface area contributed by atoms with Crippen molar-refractivity contribution in [2.24, 2.45) is 5.73 Å². The highest BCUT2D eigenvalue weighted by Gasteiger charge is 2.15. The first kappa shape index (κ1) is 14.5. The van der Waals surface area contributed by atoms with E-state index < -0.39 is 0 Å². The molecule has 0 saturated carbocycles. The number of aryl methyl sites for hydroxylation is 1. The molecule has 2 rings (SSSR count). The summed E-state index contributed by atoms with van der Waals surface area (Å²) in [4.78, 5) is 0. The first-order valence-corrected chi connectivity index (χ1v) is 7.75. The summed E-state index contributed by atoms with van der Waals surface area (Å²) < 4.78 is 5.76. The maximum absolute atomic E-state index is 6.28. The quantitative estimate of drug-likeness (QED) is 0.840. The third kappa shape index (κ3) is 4.63. The van der Waals surface area contributed by atoms with Crippen molar-refractivity contribution in [1.82, 2.24) is 0 Å². The highest BCUT2D eigenvalue weighted by molar-refractivity contribution is 5.24. The number of hydrogen-bond donors (Lipinski definition) is 1.